The van der Waals surface area contributed by atoms with Gasteiger partial charge in [0.05, 0.1) is 11.4 Å². The zero-order valence-corrected chi connectivity index (χ0v) is 19.9. The normalized spacial score (nSPS) is 18.7. The average Bonchev–Trinajstić information content (AvgIpc) is 3.62. The zero-order chi connectivity index (χ0) is 23.4. The largest absolute Gasteiger partial charge is 0.328 e. The Bertz CT molecular complexity index is 1420. The predicted molar refractivity (Wildman–Crippen MR) is 139 cm³/mol. The Morgan fingerprint density at radius 3 is 2.46 bits per heavy atom. The van der Waals surface area contributed by atoms with Crippen LogP contribution in [0.25, 0.3) is 28.1 Å². The van der Waals surface area contributed by atoms with Crippen LogP contribution in [0.15, 0.2) is 72.2 Å². The highest BCUT2D eigenvalue weighted by Crippen LogP contribution is 2.43. The van der Waals surface area contributed by atoms with Crippen molar-refractivity contribution in [3.05, 3.63) is 77.8 Å². The molecule has 0 spiro atoms. The van der Waals surface area contributed by atoms with E-state index in [2.05, 4.69) is 45.2 Å². The molecular weight excluding hydrogens is 432 g/mol. The molecule has 3 saturated carbocycles. The molecule has 6 nitrogen and oxygen atoms in total. The average molecular weight is 463 g/mol. The minimum atomic E-state index is -0.172. The summed E-state index contributed by atoms with van der Waals surface area (Å²) in [5, 5.41) is 4.62. The van der Waals surface area contributed by atoms with Crippen LogP contribution in [0.5, 0.6) is 0 Å². The Hall–Kier alpha value is -3.51. The van der Waals surface area contributed by atoms with Gasteiger partial charge in [-0.1, -0.05) is 23.8 Å². The van der Waals surface area contributed by atoms with Crippen LogP contribution in [-0.2, 0) is 5.54 Å². The van der Waals surface area contributed by atoms with Crippen LogP contribution in [0.2, 0.25) is 0 Å². The van der Waals surface area contributed by atoms with Gasteiger partial charge in [0, 0.05) is 34.7 Å². The summed E-state index contributed by atoms with van der Waals surface area (Å²) in [5.41, 5.74) is 14.4. The van der Waals surface area contributed by atoms with Gasteiger partial charge in [-0.25, -0.2) is 4.98 Å². The number of allylic oxidation sites excluding steroid dienone is 2. The second-order valence-electron chi connectivity index (χ2n) is 10.4. The molecule has 0 atom stereocenters. The van der Waals surface area contributed by atoms with Gasteiger partial charge in [-0.15, -0.1) is 0 Å². The molecule has 0 aliphatic heterocycles. The molecule has 6 heteroatoms. The first kappa shape index (κ1) is 20.8. The fourth-order valence-corrected chi connectivity index (χ4v) is 5.40. The molecule has 0 radical (unpaired) electrons. The lowest BCUT2D eigenvalue weighted by molar-refractivity contribution is 0.253. The Morgan fingerprint density at radius 1 is 1.00 bits per heavy atom. The predicted octanol–water partition coefficient (Wildman–Crippen LogP) is 6.08. The van der Waals surface area contributed by atoms with E-state index in [4.69, 9.17) is 15.7 Å². The maximum Gasteiger partial charge on any atom is 0.228 e. The quantitative estimate of drug-likeness (QED) is 0.363. The molecule has 176 valence electrons. The number of hydrogen-bond donors (Lipinski definition) is 2. The topological polar surface area (TPSA) is 81.7 Å². The molecule has 0 amide bonds. The third-order valence-corrected chi connectivity index (χ3v) is 7.98. The third kappa shape index (κ3) is 3.64. The number of benzene rings is 1. The molecule has 4 aromatic rings. The Kier molecular flexibility index (Phi) is 4.77. The van der Waals surface area contributed by atoms with Crippen molar-refractivity contribution in [3.8, 4) is 17.1 Å². The van der Waals surface area contributed by atoms with E-state index >= 15 is 0 Å². The first-order valence-electron chi connectivity index (χ1n) is 12.9. The minimum Gasteiger partial charge on any atom is -0.328 e. The van der Waals surface area contributed by atoms with Crippen molar-refractivity contribution in [1.29, 1.82) is 0 Å². The molecule has 3 aromatic heterocycles. The van der Waals surface area contributed by atoms with Gasteiger partial charge in [0.2, 0.25) is 5.95 Å². The van der Waals surface area contributed by atoms with Gasteiger partial charge in [-0.05, 0) is 93.2 Å². The van der Waals surface area contributed by atoms with Crippen LogP contribution in [0.1, 0.15) is 56.9 Å². The molecule has 3 fully saturated rings. The second-order valence-corrected chi connectivity index (χ2v) is 10.4. The number of rotatable bonds is 6. The minimum absolute atomic E-state index is 0.172. The van der Waals surface area contributed by atoms with Gasteiger partial charge < -0.3 is 11.1 Å². The van der Waals surface area contributed by atoms with E-state index in [9.17, 15) is 0 Å². The van der Waals surface area contributed by atoms with Crippen molar-refractivity contribution in [2.24, 2.45) is 11.7 Å². The van der Waals surface area contributed by atoms with E-state index < -0.39 is 0 Å². The molecule has 0 saturated heterocycles. The maximum absolute atomic E-state index is 6.59. The summed E-state index contributed by atoms with van der Waals surface area (Å²) < 4.78 is 2.20. The maximum atomic E-state index is 6.59. The molecule has 3 aliphatic carbocycles. The monoisotopic (exact) mass is 462 g/mol. The van der Waals surface area contributed by atoms with Crippen molar-refractivity contribution >= 4 is 17.0 Å². The summed E-state index contributed by atoms with van der Waals surface area (Å²) in [7, 11) is 0. The van der Waals surface area contributed by atoms with Crippen molar-refractivity contribution in [1.82, 2.24) is 19.5 Å². The van der Waals surface area contributed by atoms with Gasteiger partial charge in [0.25, 0.3) is 0 Å². The number of aromatic nitrogens is 4. The number of fused-ring (bicyclic) bond motifs is 1. The van der Waals surface area contributed by atoms with Gasteiger partial charge in [-0.2, -0.15) is 4.98 Å². The Morgan fingerprint density at radius 2 is 1.83 bits per heavy atom. The first-order valence-corrected chi connectivity index (χ1v) is 12.9. The van der Waals surface area contributed by atoms with Crippen LogP contribution in [0, 0.1) is 5.92 Å². The van der Waals surface area contributed by atoms with Crippen molar-refractivity contribution < 1.29 is 0 Å². The van der Waals surface area contributed by atoms with Crippen LogP contribution >= 0.6 is 0 Å². The highest BCUT2D eigenvalue weighted by Gasteiger charge is 2.34. The summed E-state index contributed by atoms with van der Waals surface area (Å²) in [5.74, 6) is 1.33. The molecule has 0 bridgehead atoms. The molecule has 7 rings (SSSR count). The smallest absolute Gasteiger partial charge is 0.228 e. The van der Waals surface area contributed by atoms with Gasteiger partial charge in [-0.3, -0.25) is 9.55 Å². The highest BCUT2D eigenvalue weighted by molar-refractivity contribution is 5.86. The lowest BCUT2D eigenvalue weighted by atomic mass is 9.73. The van der Waals surface area contributed by atoms with Crippen molar-refractivity contribution in [2.75, 3.05) is 5.32 Å². The van der Waals surface area contributed by atoms with Crippen molar-refractivity contribution in [3.63, 3.8) is 0 Å². The summed E-state index contributed by atoms with van der Waals surface area (Å²) in [6.45, 7) is 0. The number of nitrogens with two attached hydrogens (primary N) is 1. The Balaban J connectivity index is 1.34. The molecule has 0 unspecified atom stereocenters. The molecule has 35 heavy (non-hydrogen) atoms. The molecular formula is C29H30N6. The number of pyridine rings is 1. The van der Waals surface area contributed by atoms with Crippen LogP contribution in [0.4, 0.5) is 5.95 Å². The third-order valence-electron chi connectivity index (χ3n) is 7.98. The van der Waals surface area contributed by atoms with Crippen LogP contribution in [0.3, 0.4) is 0 Å². The zero-order valence-electron chi connectivity index (χ0n) is 19.9. The summed E-state index contributed by atoms with van der Waals surface area (Å²) in [6.07, 6.45) is 13.3. The molecule has 3 heterocycles. The highest BCUT2D eigenvalue weighted by atomic mass is 15.2. The summed E-state index contributed by atoms with van der Waals surface area (Å²) in [4.78, 5) is 14.4. The standard InChI is InChI=1S/C29H30N6/c30-29(14-4-15-29)22-10-12-23(13-11-22)35-25(24-7-1-2-16-31-24)17-21-18-32-28(34-27(21)35)33-26(20-8-9-20)19-5-3-6-19/h1-2,7,10-13,16-18,20H,3-6,8-9,14-15,30H2,(H,32,33,34). The van der Waals surface area contributed by atoms with E-state index in [1.54, 1.807) is 5.57 Å². The summed E-state index contributed by atoms with van der Waals surface area (Å²) in [6, 6.07) is 16.8. The van der Waals surface area contributed by atoms with E-state index in [-0.39, 0.29) is 5.54 Å². The molecule has 3 N–H and O–H groups in total. The van der Waals surface area contributed by atoms with E-state index in [1.165, 1.54) is 49.8 Å². The Labute approximate surface area is 205 Å². The van der Waals surface area contributed by atoms with Crippen LogP contribution < -0.4 is 11.1 Å². The lowest BCUT2D eigenvalue weighted by Crippen LogP contribution is -2.43. The molecule has 3 aliphatic rings. The SMILES string of the molecule is NC1(c2ccc(-n3c(-c4ccccn4)cc4cnc(NC(=C5CCC5)C5CC5)nc43)cc2)CCC1. The fourth-order valence-electron chi connectivity index (χ4n) is 5.40. The van der Waals surface area contributed by atoms with E-state index in [0.29, 0.717) is 11.9 Å². The summed E-state index contributed by atoms with van der Waals surface area (Å²) >= 11 is 0. The number of nitrogens with zero attached hydrogens (tertiary/aromatic N) is 4. The molecule has 1 aromatic carbocycles. The van der Waals surface area contributed by atoms with Gasteiger partial charge in [0.1, 0.15) is 0 Å². The van der Waals surface area contributed by atoms with E-state index in [1.807, 2.05) is 30.6 Å². The second kappa shape index (κ2) is 8.02. The van der Waals surface area contributed by atoms with Crippen LogP contribution in [-0.4, -0.2) is 19.5 Å². The lowest BCUT2D eigenvalue weighted by Gasteiger charge is -2.38. The first-order chi connectivity index (χ1) is 17.2. The van der Waals surface area contributed by atoms with Gasteiger partial charge >= 0.3 is 0 Å². The number of nitrogens with one attached hydrogen (secondary N) is 1. The van der Waals surface area contributed by atoms with Crippen molar-refractivity contribution in [2.45, 2.75) is 56.9 Å². The number of anilines is 1. The fraction of sp³-hybridized carbons (Fsp3) is 0.345. The van der Waals surface area contributed by atoms with E-state index in [0.717, 1.165) is 41.0 Å². The van der Waals surface area contributed by atoms with Gasteiger partial charge in [0.15, 0.2) is 5.65 Å². The number of hydrogen-bond acceptors (Lipinski definition) is 5.